The van der Waals surface area contributed by atoms with E-state index in [-0.39, 0.29) is 5.91 Å². The smallest absolute Gasteiger partial charge is 0.260 e. The molecule has 0 fully saturated rings. The predicted octanol–water partition coefficient (Wildman–Crippen LogP) is 4.47. The van der Waals surface area contributed by atoms with Crippen molar-refractivity contribution in [2.24, 2.45) is 0 Å². The lowest BCUT2D eigenvalue weighted by Gasteiger charge is -2.15. The van der Waals surface area contributed by atoms with Crippen molar-refractivity contribution in [2.45, 2.75) is 25.7 Å². The van der Waals surface area contributed by atoms with Crippen LogP contribution in [0.5, 0.6) is 5.75 Å². The van der Waals surface area contributed by atoms with Crippen molar-refractivity contribution >= 4 is 29.3 Å². The van der Waals surface area contributed by atoms with Gasteiger partial charge in [-0.25, -0.2) is 0 Å². The lowest BCUT2D eigenvalue weighted by Crippen LogP contribution is -2.37. The van der Waals surface area contributed by atoms with Gasteiger partial charge in [0.2, 0.25) is 0 Å². The number of carbonyl (C=O) groups is 1. The molecule has 0 bridgehead atoms. The molecular formula is C19H22ClNO2S. The van der Waals surface area contributed by atoms with E-state index in [9.17, 15) is 4.79 Å². The second kappa shape index (κ2) is 9.60. The molecule has 3 nitrogen and oxygen atoms in total. The van der Waals surface area contributed by atoms with Crippen molar-refractivity contribution in [1.29, 1.82) is 0 Å². The van der Waals surface area contributed by atoms with Gasteiger partial charge in [-0.05, 0) is 49.2 Å². The van der Waals surface area contributed by atoms with Gasteiger partial charge in [-0.2, -0.15) is 11.8 Å². The van der Waals surface area contributed by atoms with Crippen molar-refractivity contribution in [3.05, 3.63) is 64.7 Å². The van der Waals surface area contributed by atoms with E-state index in [1.807, 2.05) is 49.4 Å². The van der Waals surface area contributed by atoms with E-state index in [1.165, 1.54) is 5.56 Å². The lowest BCUT2D eigenvalue weighted by molar-refractivity contribution is -0.127. The molecule has 0 heterocycles. The third kappa shape index (κ3) is 6.46. The zero-order valence-corrected chi connectivity index (χ0v) is 15.5. The van der Waals surface area contributed by atoms with E-state index in [2.05, 4.69) is 11.4 Å². The molecule has 2 rings (SSSR count). The van der Waals surface area contributed by atoms with Crippen LogP contribution in [0.25, 0.3) is 0 Å². The van der Waals surface area contributed by atoms with Gasteiger partial charge in [0.05, 0.1) is 0 Å². The number of hydrogen-bond donors (Lipinski definition) is 1. The third-order valence-corrected chi connectivity index (χ3v) is 4.64. The Bertz CT molecular complexity index is 678. The van der Waals surface area contributed by atoms with Crippen molar-refractivity contribution in [2.75, 3.05) is 12.3 Å². The van der Waals surface area contributed by atoms with Gasteiger partial charge in [-0.1, -0.05) is 35.9 Å². The van der Waals surface area contributed by atoms with E-state index >= 15 is 0 Å². The molecule has 5 heteroatoms. The van der Waals surface area contributed by atoms with Crippen LogP contribution in [-0.2, 0) is 10.5 Å². The van der Waals surface area contributed by atoms with Gasteiger partial charge in [0.15, 0.2) is 6.10 Å². The fraction of sp³-hybridized carbons (Fsp3) is 0.316. The summed E-state index contributed by atoms with van der Waals surface area (Å²) < 4.78 is 5.66. The summed E-state index contributed by atoms with van der Waals surface area (Å²) in [5.41, 5.74) is 2.30. The number of nitrogens with one attached hydrogen (secondary N) is 1. The molecule has 0 unspecified atom stereocenters. The summed E-state index contributed by atoms with van der Waals surface area (Å²) in [7, 11) is 0. The minimum atomic E-state index is -0.510. The summed E-state index contributed by atoms with van der Waals surface area (Å²) >= 11 is 7.72. The quantitative estimate of drug-likeness (QED) is 0.703. The summed E-state index contributed by atoms with van der Waals surface area (Å²) in [5, 5.41) is 3.66. The molecule has 0 aliphatic rings. The predicted molar refractivity (Wildman–Crippen MR) is 102 cm³/mol. The Balaban J connectivity index is 1.65. The van der Waals surface area contributed by atoms with Crippen LogP contribution in [0.2, 0.25) is 5.02 Å². The lowest BCUT2D eigenvalue weighted by atomic mass is 10.2. The molecule has 0 aliphatic heterocycles. The molecule has 1 amide bonds. The maximum Gasteiger partial charge on any atom is 0.260 e. The highest BCUT2D eigenvalue weighted by Gasteiger charge is 2.13. The fourth-order valence-corrected chi connectivity index (χ4v) is 3.17. The molecule has 0 aliphatic carbocycles. The Morgan fingerprint density at radius 3 is 2.79 bits per heavy atom. The number of amides is 1. The molecular weight excluding hydrogens is 342 g/mol. The van der Waals surface area contributed by atoms with Crippen molar-refractivity contribution in [3.8, 4) is 5.75 Å². The van der Waals surface area contributed by atoms with Crippen LogP contribution in [0.4, 0.5) is 0 Å². The first-order valence-electron chi connectivity index (χ1n) is 7.88. The van der Waals surface area contributed by atoms with Crippen LogP contribution < -0.4 is 10.1 Å². The Kier molecular flexibility index (Phi) is 7.47. The molecule has 0 aromatic heterocycles. The Labute approximate surface area is 152 Å². The average molecular weight is 364 g/mol. The average Bonchev–Trinajstić information content (AvgIpc) is 2.54. The largest absolute Gasteiger partial charge is 0.481 e. The van der Waals surface area contributed by atoms with Crippen molar-refractivity contribution < 1.29 is 9.53 Å². The molecule has 2 aromatic rings. The van der Waals surface area contributed by atoms with Crippen LogP contribution >= 0.6 is 23.4 Å². The van der Waals surface area contributed by atoms with Crippen molar-refractivity contribution in [3.63, 3.8) is 0 Å². The topological polar surface area (TPSA) is 38.3 Å². The van der Waals surface area contributed by atoms with Gasteiger partial charge < -0.3 is 10.1 Å². The number of carbonyl (C=O) groups excluding carboxylic acids is 1. The first-order valence-corrected chi connectivity index (χ1v) is 9.41. The maximum atomic E-state index is 12.0. The standard InChI is InChI=1S/C19H22ClNO2S/c1-14-5-3-8-18(11-14)23-15(2)19(22)21-9-10-24-13-16-6-4-7-17(20)12-16/h3-8,11-12,15H,9-10,13H2,1-2H3,(H,21,22)/t15-/m1/s1. The second-order valence-corrected chi connectivity index (χ2v) is 7.09. The van der Waals surface area contributed by atoms with Crippen LogP contribution in [0.15, 0.2) is 48.5 Å². The van der Waals surface area contributed by atoms with Crippen LogP contribution in [0, 0.1) is 6.92 Å². The minimum Gasteiger partial charge on any atom is -0.481 e. The third-order valence-electron chi connectivity index (χ3n) is 3.38. The van der Waals surface area contributed by atoms with E-state index in [0.29, 0.717) is 12.3 Å². The zero-order valence-electron chi connectivity index (χ0n) is 13.9. The van der Waals surface area contributed by atoms with Crippen LogP contribution in [0.1, 0.15) is 18.1 Å². The highest BCUT2D eigenvalue weighted by atomic mass is 35.5. The van der Waals surface area contributed by atoms with E-state index in [0.717, 1.165) is 22.1 Å². The molecule has 0 spiro atoms. The number of thioether (sulfide) groups is 1. The molecule has 0 saturated carbocycles. The number of benzene rings is 2. The minimum absolute atomic E-state index is 0.0974. The molecule has 128 valence electrons. The van der Waals surface area contributed by atoms with Gasteiger partial charge in [0.1, 0.15) is 5.75 Å². The van der Waals surface area contributed by atoms with Crippen molar-refractivity contribution in [1.82, 2.24) is 5.32 Å². The molecule has 24 heavy (non-hydrogen) atoms. The van der Waals surface area contributed by atoms with Gasteiger partial charge in [0.25, 0.3) is 5.91 Å². The number of halogens is 1. The summed E-state index contributed by atoms with van der Waals surface area (Å²) in [6, 6.07) is 15.5. The number of rotatable bonds is 8. The van der Waals surface area contributed by atoms with E-state index < -0.39 is 6.10 Å². The highest BCUT2D eigenvalue weighted by molar-refractivity contribution is 7.98. The Morgan fingerprint density at radius 2 is 2.04 bits per heavy atom. The molecule has 0 saturated heterocycles. The van der Waals surface area contributed by atoms with E-state index in [1.54, 1.807) is 18.7 Å². The summed E-state index contributed by atoms with van der Waals surface area (Å²) in [4.78, 5) is 12.0. The molecule has 2 aromatic carbocycles. The van der Waals surface area contributed by atoms with Crippen LogP contribution in [0.3, 0.4) is 0 Å². The normalized spacial score (nSPS) is 11.8. The number of aryl methyl sites for hydroxylation is 1. The summed E-state index contributed by atoms with van der Waals surface area (Å²) in [5.74, 6) is 2.34. The Morgan fingerprint density at radius 1 is 1.25 bits per heavy atom. The first-order chi connectivity index (χ1) is 11.5. The molecule has 1 atom stereocenters. The van der Waals surface area contributed by atoms with Gasteiger partial charge in [-0.3, -0.25) is 4.79 Å². The monoisotopic (exact) mass is 363 g/mol. The SMILES string of the molecule is Cc1cccc(O[C@H](C)C(=O)NCCSCc2cccc(Cl)c2)c1. The van der Waals surface area contributed by atoms with Gasteiger partial charge in [-0.15, -0.1) is 0 Å². The first kappa shape index (κ1) is 18.7. The van der Waals surface area contributed by atoms with Crippen LogP contribution in [-0.4, -0.2) is 24.3 Å². The summed E-state index contributed by atoms with van der Waals surface area (Å²) in [6.45, 7) is 4.37. The fourth-order valence-electron chi connectivity index (χ4n) is 2.15. The number of hydrogen-bond acceptors (Lipinski definition) is 3. The molecule has 1 N–H and O–H groups in total. The maximum absolute atomic E-state index is 12.0. The Hall–Kier alpha value is -1.65. The molecule has 0 radical (unpaired) electrons. The van der Waals surface area contributed by atoms with E-state index in [4.69, 9.17) is 16.3 Å². The summed E-state index contributed by atoms with van der Waals surface area (Å²) in [6.07, 6.45) is -0.510. The highest BCUT2D eigenvalue weighted by Crippen LogP contribution is 2.16. The second-order valence-electron chi connectivity index (χ2n) is 5.55. The zero-order chi connectivity index (χ0) is 17.4. The van der Waals surface area contributed by atoms with Gasteiger partial charge >= 0.3 is 0 Å². The van der Waals surface area contributed by atoms with Gasteiger partial charge in [0, 0.05) is 23.1 Å². The number of ether oxygens (including phenoxy) is 1.